The van der Waals surface area contributed by atoms with Crippen molar-refractivity contribution in [2.45, 2.75) is 38.8 Å². The molecule has 0 aliphatic heterocycles. The normalized spacial score (nSPS) is 23.4. The largest absolute Gasteiger partial charge is 0.378 e. The molecule has 1 aliphatic carbocycles. The van der Waals surface area contributed by atoms with Crippen molar-refractivity contribution in [2.24, 2.45) is 11.1 Å². The summed E-state index contributed by atoms with van der Waals surface area (Å²) < 4.78 is 7.61. The van der Waals surface area contributed by atoms with Gasteiger partial charge in [-0.15, -0.1) is 0 Å². The molecule has 0 radical (unpaired) electrons. The molecule has 2 heterocycles. The number of fused-ring (bicyclic) bond motifs is 1. The molecule has 3 aromatic rings. The zero-order valence-electron chi connectivity index (χ0n) is 16.3. The lowest BCUT2D eigenvalue weighted by atomic mass is 9.54. The molecule has 0 spiro atoms. The molecule has 1 aromatic carbocycles. The van der Waals surface area contributed by atoms with Crippen molar-refractivity contribution in [3.8, 4) is 5.82 Å². The summed E-state index contributed by atoms with van der Waals surface area (Å²) in [6.45, 7) is 6.51. The zero-order chi connectivity index (χ0) is 19.9. The summed E-state index contributed by atoms with van der Waals surface area (Å²) >= 11 is 0. The zero-order valence-corrected chi connectivity index (χ0v) is 16.3. The molecule has 0 bridgehead atoms. The highest BCUT2D eigenvalue weighted by Gasteiger charge is 2.62. The Morgan fingerprint density at radius 1 is 1.29 bits per heavy atom. The first-order chi connectivity index (χ1) is 13.4. The van der Waals surface area contributed by atoms with Crippen LogP contribution in [0.1, 0.15) is 27.2 Å². The SMILES string of the molecule is CCOC1CC(N)(C(=O)Nc2ccc(-n3cnc4ccccc43)nc2)C1(C)C. The summed E-state index contributed by atoms with van der Waals surface area (Å²) in [7, 11) is 0. The van der Waals surface area contributed by atoms with Crippen LogP contribution in [0.15, 0.2) is 48.9 Å². The van der Waals surface area contributed by atoms with Gasteiger partial charge in [0.2, 0.25) is 5.91 Å². The van der Waals surface area contributed by atoms with E-state index in [1.54, 1.807) is 12.5 Å². The van der Waals surface area contributed by atoms with Crippen LogP contribution in [0.25, 0.3) is 16.9 Å². The van der Waals surface area contributed by atoms with Gasteiger partial charge in [-0.1, -0.05) is 26.0 Å². The van der Waals surface area contributed by atoms with Crippen molar-refractivity contribution in [1.82, 2.24) is 14.5 Å². The summed E-state index contributed by atoms with van der Waals surface area (Å²) in [5, 5.41) is 2.91. The molecule has 4 rings (SSSR count). The van der Waals surface area contributed by atoms with Crippen LogP contribution in [0.3, 0.4) is 0 Å². The number of nitrogens with two attached hydrogens (primary N) is 1. The number of hydrogen-bond acceptors (Lipinski definition) is 5. The summed E-state index contributed by atoms with van der Waals surface area (Å²) in [5.74, 6) is 0.519. The summed E-state index contributed by atoms with van der Waals surface area (Å²) in [6.07, 6.45) is 3.87. The van der Waals surface area contributed by atoms with E-state index in [1.807, 2.05) is 61.7 Å². The summed E-state index contributed by atoms with van der Waals surface area (Å²) in [4.78, 5) is 21.7. The number of nitrogens with zero attached hydrogens (tertiary/aromatic N) is 3. The summed E-state index contributed by atoms with van der Waals surface area (Å²) in [5.41, 5.74) is 7.53. The van der Waals surface area contributed by atoms with Crippen LogP contribution in [-0.2, 0) is 9.53 Å². The Balaban J connectivity index is 1.50. The average Bonchev–Trinajstić information content (AvgIpc) is 3.12. The molecule has 2 unspecified atom stereocenters. The molecule has 7 nitrogen and oxygen atoms in total. The van der Waals surface area contributed by atoms with Gasteiger partial charge in [0.05, 0.1) is 29.0 Å². The minimum Gasteiger partial charge on any atom is -0.378 e. The van der Waals surface area contributed by atoms with Crippen molar-refractivity contribution in [3.63, 3.8) is 0 Å². The third-order valence-corrected chi connectivity index (χ3v) is 5.94. The highest BCUT2D eigenvalue weighted by molar-refractivity contribution is 5.99. The Labute approximate surface area is 163 Å². The topological polar surface area (TPSA) is 95.1 Å². The fourth-order valence-corrected chi connectivity index (χ4v) is 3.81. The molecule has 1 fully saturated rings. The van der Waals surface area contributed by atoms with Crippen molar-refractivity contribution >= 4 is 22.6 Å². The Morgan fingerprint density at radius 3 is 2.75 bits per heavy atom. The van der Waals surface area contributed by atoms with E-state index in [0.717, 1.165) is 16.9 Å². The maximum absolute atomic E-state index is 12.8. The van der Waals surface area contributed by atoms with Crippen LogP contribution in [0.5, 0.6) is 0 Å². The predicted molar refractivity (Wildman–Crippen MR) is 108 cm³/mol. The van der Waals surface area contributed by atoms with E-state index in [4.69, 9.17) is 10.5 Å². The van der Waals surface area contributed by atoms with Crippen LogP contribution >= 0.6 is 0 Å². The second kappa shape index (κ2) is 6.68. The van der Waals surface area contributed by atoms with Gasteiger partial charge in [-0.05, 0) is 31.2 Å². The number of anilines is 1. The number of pyridine rings is 1. The highest BCUT2D eigenvalue weighted by atomic mass is 16.5. The molecule has 7 heteroatoms. The van der Waals surface area contributed by atoms with Crippen molar-refractivity contribution in [1.29, 1.82) is 0 Å². The van der Waals surface area contributed by atoms with E-state index in [-0.39, 0.29) is 12.0 Å². The number of benzene rings is 1. The number of aromatic nitrogens is 3. The molecule has 146 valence electrons. The first kappa shape index (κ1) is 18.6. The number of hydrogen-bond donors (Lipinski definition) is 2. The van der Waals surface area contributed by atoms with Gasteiger partial charge in [0.1, 0.15) is 17.7 Å². The van der Waals surface area contributed by atoms with Crippen LogP contribution in [-0.4, -0.2) is 38.7 Å². The van der Waals surface area contributed by atoms with E-state index in [1.165, 1.54) is 0 Å². The molecule has 0 saturated heterocycles. The minimum atomic E-state index is -0.966. The first-order valence-corrected chi connectivity index (χ1v) is 9.47. The number of imidazole rings is 1. The van der Waals surface area contributed by atoms with Gasteiger partial charge < -0.3 is 15.8 Å². The fraction of sp³-hybridized carbons (Fsp3) is 0.381. The molecule has 2 aromatic heterocycles. The van der Waals surface area contributed by atoms with Gasteiger partial charge >= 0.3 is 0 Å². The molecular formula is C21H25N5O2. The molecular weight excluding hydrogens is 354 g/mol. The predicted octanol–water partition coefficient (Wildman–Crippen LogP) is 2.89. The molecule has 1 amide bonds. The fourth-order valence-electron chi connectivity index (χ4n) is 3.81. The Kier molecular flexibility index (Phi) is 4.44. The average molecular weight is 379 g/mol. The van der Waals surface area contributed by atoms with Crippen molar-refractivity contribution in [3.05, 3.63) is 48.9 Å². The Hall–Kier alpha value is -2.77. The van der Waals surface area contributed by atoms with Gasteiger partial charge in [-0.3, -0.25) is 9.36 Å². The van der Waals surface area contributed by atoms with Crippen molar-refractivity contribution in [2.75, 3.05) is 11.9 Å². The Morgan fingerprint density at radius 2 is 2.07 bits per heavy atom. The third kappa shape index (κ3) is 2.78. The maximum Gasteiger partial charge on any atom is 0.245 e. The lowest BCUT2D eigenvalue weighted by molar-refractivity contribution is -0.166. The van der Waals surface area contributed by atoms with Crippen LogP contribution < -0.4 is 11.1 Å². The number of para-hydroxylation sites is 2. The van der Waals surface area contributed by atoms with E-state index >= 15 is 0 Å². The van der Waals surface area contributed by atoms with E-state index in [0.29, 0.717) is 18.7 Å². The molecule has 28 heavy (non-hydrogen) atoms. The molecule has 2 atom stereocenters. The number of nitrogens with one attached hydrogen (secondary N) is 1. The number of rotatable bonds is 5. The van der Waals surface area contributed by atoms with Gasteiger partial charge in [0, 0.05) is 18.4 Å². The first-order valence-electron chi connectivity index (χ1n) is 9.47. The standard InChI is InChI=1S/C21H25N5O2/c1-4-28-17-11-21(22,20(17,2)3)19(27)25-14-9-10-18(23-12-14)26-13-24-15-7-5-6-8-16(15)26/h5-10,12-13,17H,4,11,22H2,1-3H3,(H,25,27). The van der Waals surface area contributed by atoms with Gasteiger partial charge in [0.15, 0.2) is 0 Å². The second-order valence-corrected chi connectivity index (χ2v) is 7.80. The van der Waals surface area contributed by atoms with E-state index in [2.05, 4.69) is 15.3 Å². The molecule has 3 N–H and O–H groups in total. The summed E-state index contributed by atoms with van der Waals surface area (Å²) in [6, 6.07) is 11.5. The quantitative estimate of drug-likeness (QED) is 0.711. The van der Waals surface area contributed by atoms with Crippen LogP contribution in [0, 0.1) is 5.41 Å². The minimum absolute atomic E-state index is 0.0109. The smallest absolute Gasteiger partial charge is 0.245 e. The number of carbonyl (C=O) groups excluding carboxylic acids is 1. The highest BCUT2D eigenvalue weighted by Crippen LogP contribution is 2.50. The van der Waals surface area contributed by atoms with Crippen LogP contribution in [0.2, 0.25) is 0 Å². The number of carbonyl (C=O) groups is 1. The van der Waals surface area contributed by atoms with E-state index < -0.39 is 11.0 Å². The third-order valence-electron chi connectivity index (χ3n) is 5.94. The monoisotopic (exact) mass is 379 g/mol. The number of ether oxygens (including phenoxy) is 1. The van der Waals surface area contributed by atoms with Gasteiger partial charge in [-0.2, -0.15) is 0 Å². The maximum atomic E-state index is 12.8. The van der Waals surface area contributed by atoms with E-state index in [9.17, 15) is 4.79 Å². The lowest BCUT2D eigenvalue weighted by Crippen LogP contribution is -2.74. The van der Waals surface area contributed by atoms with Crippen molar-refractivity contribution < 1.29 is 9.53 Å². The lowest BCUT2D eigenvalue weighted by Gasteiger charge is -2.57. The number of amides is 1. The second-order valence-electron chi connectivity index (χ2n) is 7.80. The molecule has 1 aliphatic rings. The Bertz CT molecular complexity index is 1010. The van der Waals surface area contributed by atoms with Crippen LogP contribution in [0.4, 0.5) is 5.69 Å². The molecule has 1 saturated carbocycles. The van der Waals surface area contributed by atoms with Gasteiger partial charge in [0.25, 0.3) is 0 Å². The van der Waals surface area contributed by atoms with Gasteiger partial charge in [-0.25, -0.2) is 9.97 Å².